The zero-order chi connectivity index (χ0) is 15.7. The molecule has 0 saturated heterocycles. The van der Waals surface area contributed by atoms with Gasteiger partial charge in [-0.2, -0.15) is 0 Å². The van der Waals surface area contributed by atoms with Crippen LogP contribution in [0, 0.1) is 0 Å². The first kappa shape index (κ1) is 14.4. The summed E-state index contributed by atoms with van der Waals surface area (Å²) in [5, 5.41) is 3.57. The van der Waals surface area contributed by atoms with E-state index in [1.165, 1.54) is 0 Å². The van der Waals surface area contributed by atoms with Gasteiger partial charge in [-0.25, -0.2) is 4.98 Å². The number of nitrogens with zero attached hydrogens (tertiary/aromatic N) is 2. The number of rotatable bonds is 3. The zero-order valence-corrected chi connectivity index (χ0v) is 13.4. The van der Waals surface area contributed by atoms with E-state index in [-0.39, 0.29) is 5.54 Å². The molecule has 0 radical (unpaired) electrons. The maximum Gasteiger partial charge on any atom is 0.139 e. The van der Waals surface area contributed by atoms with Gasteiger partial charge in [-0.05, 0) is 45.0 Å². The predicted molar refractivity (Wildman–Crippen MR) is 90.6 cm³/mol. The minimum Gasteiger partial charge on any atom is -0.497 e. The second kappa shape index (κ2) is 5.37. The maximum absolute atomic E-state index is 5.34. The highest BCUT2D eigenvalue weighted by molar-refractivity contribution is 5.77. The van der Waals surface area contributed by atoms with Gasteiger partial charge in [0.15, 0.2) is 0 Å². The first-order chi connectivity index (χ1) is 10.5. The second-order valence-electron chi connectivity index (χ2n) is 6.34. The molecule has 0 unspecified atom stereocenters. The van der Waals surface area contributed by atoms with E-state index >= 15 is 0 Å². The van der Waals surface area contributed by atoms with Gasteiger partial charge in [-0.15, -0.1) is 0 Å². The van der Waals surface area contributed by atoms with E-state index in [2.05, 4.69) is 36.6 Å². The van der Waals surface area contributed by atoms with Crippen molar-refractivity contribution in [3.63, 3.8) is 0 Å². The van der Waals surface area contributed by atoms with Crippen LogP contribution in [-0.4, -0.2) is 22.0 Å². The van der Waals surface area contributed by atoms with Crippen molar-refractivity contribution in [1.29, 1.82) is 0 Å². The molecule has 0 saturated carbocycles. The van der Waals surface area contributed by atoms with E-state index in [9.17, 15) is 0 Å². The summed E-state index contributed by atoms with van der Waals surface area (Å²) < 4.78 is 7.42. The molecule has 0 atom stereocenters. The van der Waals surface area contributed by atoms with Crippen LogP contribution in [0.1, 0.15) is 20.8 Å². The molecular weight excluding hydrogens is 274 g/mol. The largest absolute Gasteiger partial charge is 0.497 e. The van der Waals surface area contributed by atoms with E-state index in [4.69, 9.17) is 9.72 Å². The Morgan fingerprint density at radius 3 is 2.64 bits per heavy atom. The summed E-state index contributed by atoms with van der Waals surface area (Å²) in [7, 11) is 1.68. The second-order valence-corrected chi connectivity index (χ2v) is 6.34. The van der Waals surface area contributed by atoms with Crippen molar-refractivity contribution >= 4 is 11.5 Å². The van der Waals surface area contributed by atoms with Gasteiger partial charge in [0.25, 0.3) is 0 Å². The van der Waals surface area contributed by atoms with Gasteiger partial charge < -0.3 is 10.1 Å². The summed E-state index contributed by atoms with van der Waals surface area (Å²) in [4.78, 5) is 4.79. The Bertz CT molecular complexity index is 799. The normalized spacial score (nSPS) is 11.6. The Morgan fingerprint density at radius 1 is 1.09 bits per heavy atom. The molecule has 4 nitrogen and oxygen atoms in total. The topological polar surface area (TPSA) is 38.6 Å². The Hall–Kier alpha value is -2.49. The lowest BCUT2D eigenvalue weighted by Crippen LogP contribution is -2.27. The lowest BCUT2D eigenvalue weighted by atomic mass is 10.1. The van der Waals surface area contributed by atoms with Crippen LogP contribution in [0.3, 0.4) is 0 Å². The van der Waals surface area contributed by atoms with Crippen LogP contribution in [0.15, 0.2) is 48.7 Å². The average molecular weight is 295 g/mol. The van der Waals surface area contributed by atoms with E-state index in [1.807, 2.05) is 42.6 Å². The first-order valence-electron chi connectivity index (χ1n) is 7.38. The predicted octanol–water partition coefficient (Wildman–Crippen LogP) is 4.22. The van der Waals surface area contributed by atoms with Gasteiger partial charge in [-0.1, -0.05) is 18.2 Å². The van der Waals surface area contributed by atoms with Gasteiger partial charge in [0.05, 0.1) is 7.11 Å². The van der Waals surface area contributed by atoms with E-state index in [1.54, 1.807) is 7.11 Å². The smallest absolute Gasteiger partial charge is 0.139 e. The molecule has 3 rings (SSSR count). The quantitative estimate of drug-likeness (QED) is 0.786. The van der Waals surface area contributed by atoms with Crippen LogP contribution in [0.2, 0.25) is 0 Å². The lowest BCUT2D eigenvalue weighted by molar-refractivity contribution is 0.415. The van der Waals surface area contributed by atoms with Gasteiger partial charge in [0, 0.05) is 17.3 Å². The molecule has 0 spiro atoms. The minimum atomic E-state index is -0.0561. The number of fused-ring (bicyclic) bond motifs is 1. The van der Waals surface area contributed by atoms with Gasteiger partial charge in [-0.3, -0.25) is 4.40 Å². The third-order valence-electron chi connectivity index (χ3n) is 3.37. The summed E-state index contributed by atoms with van der Waals surface area (Å²) in [6.45, 7) is 6.43. The van der Waals surface area contributed by atoms with E-state index < -0.39 is 0 Å². The fourth-order valence-electron chi connectivity index (χ4n) is 2.44. The molecule has 0 aliphatic heterocycles. The Balaban J connectivity index is 2.21. The number of pyridine rings is 1. The van der Waals surface area contributed by atoms with Crippen molar-refractivity contribution in [1.82, 2.24) is 9.38 Å². The molecule has 3 aromatic rings. The number of benzene rings is 1. The Kier molecular flexibility index (Phi) is 3.53. The maximum atomic E-state index is 5.34. The van der Waals surface area contributed by atoms with Crippen LogP contribution in [0.4, 0.5) is 5.82 Å². The highest BCUT2D eigenvalue weighted by Gasteiger charge is 2.19. The fourth-order valence-corrected chi connectivity index (χ4v) is 2.44. The van der Waals surface area contributed by atoms with Crippen molar-refractivity contribution in [3.8, 4) is 17.0 Å². The van der Waals surface area contributed by atoms with Crippen molar-refractivity contribution in [3.05, 3.63) is 48.7 Å². The third-order valence-corrected chi connectivity index (χ3v) is 3.37. The van der Waals surface area contributed by atoms with E-state index in [0.29, 0.717) is 0 Å². The molecule has 1 aromatic carbocycles. The summed E-state index contributed by atoms with van der Waals surface area (Å²) in [6.07, 6.45) is 2.03. The third kappa shape index (κ3) is 2.77. The van der Waals surface area contributed by atoms with Gasteiger partial charge in [0.2, 0.25) is 0 Å². The first-order valence-corrected chi connectivity index (χ1v) is 7.38. The highest BCUT2D eigenvalue weighted by atomic mass is 16.5. The van der Waals surface area contributed by atoms with Crippen molar-refractivity contribution in [2.45, 2.75) is 26.3 Å². The molecule has 22 heavy (non-hydrogen) atoms. The van der Waals surface area contributed by atoms with Crippen molar-refractivity contribution in [2.24, 2.45) is 0 Å². The molecule has 2 aromatic heterocycles. The Morgan fingerprint density at radius 2 is 1.91 bits per heavy atom. The van der Waals surface area contributed by atoms with E-state index in [0.717, 1.165) is 28.5 Å². The zero-order valence-electron chi connectivity index (χ0n) is 13.4. The molecule has 2 heterocycles. The molecule has 0 bridgehead atoms. The highest BCUT2D eigenvalue weighted by Crippen LogP contribution is 2.32. The monoisotopic (exact) mass is 295 g/mol. The number of hydrogen-bond acceptors (Lipinski definition) is 3. The number of anilines is 1. The summed E-state index contributed by atoms with van der Waals surface area (Å²) in [6, 6.07) is 14.0. The molecular formula is C18H21N3O. The lowest BCUT2D eigenvalue weighted by Gasteiger charge is -2.22. The van der Waals surface area contributed by atoms with Crippen LogP contribution in [-0.2, 0) is 0 Å². The van der Waals surface area contributed by atoms with Crippen molar-refractivity contribution in [2.75, 3.05) is 12.4 Å². The molecule has 1 N–H and O–H groups in total. The SMILES string of the molecule is COc1cccc(-c2nc3ccccn3c2NC(C)(C)C)c1. The molecule has 0 aliphatic carbocycles. The number of hydrogen-bond donors (Lipinski definition) is 1. The Labute approximate surface area is 130 Å². The van der Waals surface area contributed by atoms with Crippen LogP contribution in [0.5, 0.6) is 5.75 Å². The number of methoxy groups -OCH3 is 1. The standard InChI is InChI=1S/C18H21N3O/c1-18(2,3)20-17-16(13-8-7-9-14(12-13)22-4)19-15-10-5-6-11-21(15)17/h5-12,20H,1-4H3. The summed E-state index contributed by atoms with van der Waals surface area (Å²) in [5.41, 5.74) is 2.83. The average Bonchev–Trinajstić information content (AvgIpc) is 2.84. The number of aromatic nitrogens is 2. The molecule has 0 fully saturated rings. The molecule has 114 valence electrons. The summed E-state index contributed by atoms with van der Waals surface area (Å²) in [5.74, 6) is 1.83. The molecule has 4 heteroatoms. The van der Waals surface area contributed by atoms with Crippen molar-refractivity contribution < 1.29 is 4.74 Å². The number of nitrogens with one attached hydrogen (secondary N) is 1. The molecule has 0 aliphatic rings. The van der Waals surface area contributed by atoms with Gasteiger partial charge in [0.1, 0.15) is 22.9 Å². The number of imidazole rings is 1. The van der Waals surface area contributed by atoms with Crippen LogP contribution < -0.4 is 10.1 Å². The van der Waals surface area contributed by atoms with Gasteiger partial charge >= 0.3 is 0 Å². The fraction of sp³-hybridized carbons (Fsp3) is 0.278. The van der Waals surface area contributed by atoms with Crippen LogP contribution in [0.25, 0.3) is 16.9 Å². The number of ether oxygens (including phenoxy) is 1. The molecule has 0 amide bonds. The summed E-state index contributed by atoms with van der Waals surface area (Å²) >= 11 is 0. The minimum absolute atomic E-state index is 0.0561. The van der Waals surface area contributed by atoms with Crippen LogP contribution >= 0.6 is 0 Å².